The molecule has 0 spiro atoms. The summed E-state index contributed by atoms with van der Waals surface area (Å²) < 4.78 is 39.0. The van der Waals surface area contributed by atoms with E-state index in [2.05, 4.69) is 10.8 Å². The van der Waals surface area contributed by atoms with Crippen LogP contribution in [0.1, 0.15) is 24.1 Å². The predicted molar refractivity (Wildman–Crippen MR) is 105 cm³/mol. The van der Waals surface area contributed by atoms with Crippen molar-refractivity contribution in [2.75, 3.05) is 33.9 Å². The maximum Gasteiger partial charge on any atom is 0.240 e. The summed E-state index contributed by atoms with van der Waals surface area (Å²) in [6.07, 6.45) is 0.890. The van der Waals surface area contributed by atoms with Crippen LogP contribution >= 0.6 is 0 Å². The van der Waals surface area contributed by atoms with Crippen molar-refractivity contribution in [3.05, 3.63) is 53.6 Å². The normalized spacial score (nSPS) is 14.7. The lowest BCUT2D eigenvalue weighted by atomic mass is 10.0. The monoisotopic (exact) mass is 390 g/mol. The summed E-state index contributed by atoms with van der Waals surface area (Å²) in [7, 11) is 0.291. The topological polar surface area (TPSA) is 67.9 Å². The first-order valence-electron chi connectivity index (χ1n) is 9.05. The van der Waals surface area contributed by atoms with E-state index in [4.69, 9.17) is 9.47 Å². The van der Waals surface area contributed by atoms with E-state index < -0.39 is 10.0 Å². The maximum absolute atomic E-state index is 12.7. The Morgan fingerprint density at radius 3 is 2.59 bits per heavy atom. The van der Waals surface area contributed by atoms with Gasteiger partial charge in [0, 0.05) is 19.0 Å². The number of rotatable bonds is 8. The minimum Gasteiger partial charge on any atom is -0.494 e. The third kappa shape index (κ3) is 4.61. The molecular formula is C20H26N2O4S. The lowest BCUT2D eigenvalue weighted by molar-refractivity contribution is 0.299. The second kappa shape index (κ2) is 8.29. The van der Waals surface area contributed by atoms with Crippen LogP contribution in [0.3, 0.4) is 0 Å². The van der Waals surface area contributed by atoms with Gasteiger partial charge in [-0.1, -0.05) is 12.1 Å². The molecule has 1 N–H and O–H groups in total. The smallest absolute Gasteiger partial charge is 0.240 e. The van der Waals surface area contributed by atoms with Crippen LogP contribution < -0.4 is 14.2 Å². The van der Waals surface area contributed by atoms with Gasteiger partial charge in [-0.2, -0.15) is 0 Å². The zero-order valence-corrected chi connectivity index (χ0v) is 16.8. The fourth-order valence-electron chi connectivity index (χ4n) is 3.17. The third-order valence-electron chi connectivity index (χ3n) is 4.63. The highest BCUT2D eigenvalue weighted by Crippen LogP contribution is 2.29. The van der Waals surface area contributed by atoms with E-state index in [1.54, 1.807) is 24.3 Å². The Morgan fingerprint density at radius 1 is 1.19 bits per heavy atom. The van der Waals surface area contributed by atoms with Gasteiger partial charge in [-0.05, 0) is 62.5 Å². The van der Waals surface area contributed by atoms with Crippen LogP contribution in [0.25, 0.3) is 0 Å². The van der Waals surface area contributed by atoms with Crippen LogP contribution in [0.15, 0.2) is 47.4 Å². The van der Waals surface area contributed by atoms with Crippen molar-refractivity contribution in [1.29, 1.82) is 0 Å². The lowest BCUT2D eigenvalue weighted by Gasteiger charge is -2.25. The molecule has 1 heterocycles. The Balaban J connectivity index is 1.73. The second-order valence-corrected chi connectivity index (χ2v) is 8.47. The van der Waals surface area contributed by atoms with Gasteiger partial charge < -0.3 is 14.4 Å². The molecule has 1 atom stereocenters. The highest BCUT2D eigenvalue weighted by molar-refractivity contribution is 7.89. The van der Waals surface area contributed by atoms with Crippen LogP contribution in [-0.4, -0.2) is 47.2 Å². The van der Waals surface area contributed by atoms with Crippen molar-refractivity contribution in [2.45, 2.75) is 24.3 Å². The number of benzene rings is 2. The number of nitrogens with one attached hydrogen (secondary N) is 1. The van der Waals surface area contributed by atoms with Gasteiger partial charge in [0.2, 0.25) is 10.0 Å². The predicted octanol–water partition coefficient (Wildman–Crippen LogP) is 2.60. The van der Waals surface area contributed by atoms with Crippen LogP contribution in [0.5, 0.6) is 11.5 Å². The first kappa shape index (κ1) is 19.7. The fraction of sp³-hybridized carbons (Fsp3) is 0.400. The van der Waals surface area contributed by atoms with Gasteiger partial charge in [0.25, 0.3) is 0 Å². The zero-order valence-electron chi connectivity index (χ0n) is 15.9. The highest BCUT2D eigenvalue weighted by atomic mass is 32.2. The van der Waals surface area contributed by atoms with Crippen LogP contribution in [0.4, 0.5) is 0 Å². The molecule has 2 aromatic rings. The standard InChI is InChI=1S/C20H26N2O4S/c1-4-25-17-6-8-18(9-7-17)27(23,24)21-14-19(22(2)3)15-5-10-20-16(13-15)11-12-26-20/h5-10,13,19,21H,4,11-12,14H2,1-3H3. The van der Waals surface area contributed by atoms with Gasteiger partial charge in [-0.25, -0.2) is 13.1 Å². The summed E-state index contributed by atoms with van der Waals surface area (Å²) in [5.41, 5.74) is 2.24. The maximum atomic E-state index is 12.7. The molecule has 0 fully saturated rings. The summed E-state index contributed by atoms with van der Waals surface area (Å²) >= 11 is 0. The van der Waals surface area contributed by atoms with Crippen LogP contribution in [0, 0.1) is 0 Å². The van der Waals surface area contributed by atoms with Gasteiger partial charge in [-0.15, -0.1) is 0 Å². The second-order valence-electron chi connectivity index (χ2n) is 6.70. The van der Waals surface area contributed by atoms with Gasteiger partial charge in [-0.3, -0.25) is 0 Å². The first-order valence-corrected chi connectivity index (χ1v) is 10.5. The van der Waals surface area contributed by atoms with Crippen LogP contribution in [-0.2, 0) is 16.4 Å². The SMILES string of the molecule is CCOc1ccc(S(=O)(=O)NCC(c2ccc3c(c2)CCO3)N(C)C)cc1. The Kier molecular flexibility index (Phi) is 6.04. The average Bonchev–Trinajstić information content (AvgIpc) is 3.10. The lowest BCUT2D eigenvalue weighted by Crippen LogP contribution is -2.34. The number of likely N-dealkylation sites (N-methyl/N-ethyl adjacent to an activating group) is 1. The molecule has 27 heavy (non-hydrogen) atoms. The largest absolute Gasteiger partial charge is 0.494 e. The van der Waals surface area contributed by atoms with Gasteiger partial charge in [0.05, 0.1) is 18.1 Å². The van der Waals surface area contributed by atoms with Crippen LogP contribution in [0.2, 0.25) is 0 Å². The third-order valence-corrected chi connectivity index (χ3v) is 6.07. The van der Waals surface area contributed by atoms with Crippen molar-refractivity contribution in [2.24, 2.45) is 0 Å². The summed E-state index contributed by atoms with van der Waals surface area (Å²) in [6.45, 7) is 3.41. The molecule has 1 aliphatic heterocycles. The minimum atomic E-state index is -3.60. The van der Waals surface area contributed by atoms with Gasteiger partial charge in [0.1, 0.15) is 11.5 Å². The van der Waals surface area contributed by atoms with E-state index in [0.29, 0.717) is 19.0 Å². The molecule has 0 bridgehead atoms. The molecule has 1 aliphatic rings. The van der Waals surface area contributed by atoms with E-state index in [9.17, 15) is 8.42 Å². The van der Waals surface area contributed by atoms with Crippen molar-refractivity contribution in [3.8, 4) is 11.5 Å². The van der Waals surface area contributed by atoms with E-state index in [1.165, 1.54) is 5.56 Å². The summed E-state index contributed by atoms with van der Waals surface area (Å²) in [5, 5.41) is 0. The van der Waals surface area contributed by atoms with E-state index in [1.807, 2.05) is 38.1 Å². The molecule has 0 amide bonds. The molecule has 0 aliphatic carbocycles. The number of nitrogens with zero attached hydrogens (tertiary/aromatic N) is 1. The van der Waals surface area contributed by atoms with Crippen molar-refractivity contribution < 1.29 is 17.9 Å². The zero-order chi connectivity index (χ0) is 19.4. The Bertz CT molecular complexity index is 879. The number of hydrogen-bond acceptors (Lipinski definition) is 5. The molecule has 6 nitrogen and oxygen atoms in total. The van der Waals surface area contributed by atoms with Gasteiger partial charge >= 0.3 is 0 Å². The molecular weight excluding hydrogens is 364 g/mol. The Hall–Kier alpha value is -2.09. The minimum absolute atomic E-state index is 0.0756. The Morgan fingerprint density at radius 2 is 1.93 bits per heavy atom. The highest BCUT2D eigenvalue weighted by Gasteiger charge is 2.22. The number of ether oxygens (including phenoxy) is 2. The van der Waals surface area contributed by atoms with Crippen molar-refractivity contribution in [1.82, 2.24) is 9.62 Å². The van der Waals surface area contributed by atoms with E-state index in [0.717, 1.165) is 17.7 Å². The summed E-state index contributed by atoms with van der Waals surface area (Å²) in [5.74, 6) is 1.58. The van der Waals surface area contributed by atoms with Crippen molar-refractivity contribution >= 4 is 10.0 Å². The quantitative estimate of drug-likeness (QED) is 0.750. The molecule has 0 saturated heterocycles. The molecule has 146 valence electrons. The molecule has 0 radical (unpaired) electrons. The number of hydrogen-bond donors (Lipinski definition) is 1. The van der Waals surface area contributed by atoms with Gasteiger partial charge in [0.15, 0.2) is 0 Å². The molecule has 2 aromatic carbocycles. The van der Waals surface area contributed by atoms with E-state index in [-0.39, 0.29) is 17.5 Å². The van der Waals surface area contributed by atoms with E-state index >= 15 is 0 Å². The molecule has 0 saturated carbocycles. The fourth-order valence-corrected chi connectivity index (χ4v) is 4.20. The average molecular weight is 391 g/mol. The number of sulfonamides is 1. The van der Waals surface area contributed by atoms with Crippen molar-refractivity contribution in [3.63, 3.8) is 0 Å². The Labute approximate surface area is 161 Å². The summed E-state index contributed by atoms with van der Waals surface area (Å²) in [6, 6.07) is 12.5. The summed E-state index contributed by atoms with van der Waals surface area (Å²) in [4.78, 5) is 2.24. The molecule has 7 heteroatoms. The molecule has 1 unspecified atom stereocenters. The number of fused-ring (bicyclic) bond motifs is 1. The first-order chi connectivity index (χ1) is 12.9. The molecule has 0 aromatic heterocycles. The molecule has 3 rings (SSSR count).